The van der Waals surface area contributed by atoms with Gasteiger partial charge in [0.1, 0.15) is 10.4 Å². The lowest BCUT2D eigenvalue weighted by atomic mass is 10.3. The standard InChI is InChI=1S/C9H6BrN5S/c10-4-1-5(11)8-6(2-4)13-9(14-8)7-3-12-15-16-7/h1-3H,11H2,(H,13,14). The molecule has 0 saturated carbocycles. The van der Waals surface area contributed by atoms with Gasteiger partial charge in [-0.25, -0.2) is 4.98 Å². The molecule has 0 bridgehead atoms. The second kappa shape index (κ2) is 3.53. The van der Waals surface area contributed by atoms with Crippen molar-refractivity contribution in [2.24, 2.45) is 0 Å². The van der Waals surface area contributed by atoms with Gasteiger partial charge in [-0.3, -0.25) is 0 Å². The Morgan fingerprint density at radius 1 is 1.38 bits per heavy atom. The average molecular weight is 296 g/mol. The Kier molecular flexibility index (Phi) is 2.15. The second-order valence-electron chi connectivity index (χ2n) is 3.26. The Morgan fingerprint density at radius 3 is 3.00 bits per heavy atom. The van der Waals surface area contributed by atoms with Crippen LogP contribution in [0.5, 0.6) is 0 Å². The predicted octanol–water partition coefficient (Wildman–Crippen LogP) is 2.43. The van der Waals surface area contributed by atoms with Crippen LogP contribution in [0.2, 0.25) is 0 Å². The van der Waals surface area contributed by atoms with E-state index < -0.39 is 0 Å². The zero-order valence-corrected chi connectivity index (χ0v) is 10.3. The van der Waals surface area contributed by atoms with E-state index in [4.69, 9.17) is 5.73 Å². The maximum absolute atomic E-state index is 5.88. The lowest BCUT2D eigenvalue weighted by Crippen LogP contribution is -1.86. The number of aromatic nitrogens is 4. The molecule has 3 rings (SSSR count). The maximum atomic E-state index is 5.88. The summed E-state index contributed by atoms with van der Waals surface area (Å²) in [5.74, 6) is 0.745. The molecular weight excluding hydrogens is 290 g/mol. The first kappa shape index (κ1) is 9.73. The van der Waals surface area contributed by atoms with Crippen LogP contribution in [0.15, 0.2) is 22.8 Å². The summed E-state index contributed by atoms with van der Waals surface area (Å²) in [5.41, 5.74) is 8.19. The number of nitrogens with one attached hydrogen (secondary N) is 1. The van der Waals surface area contributed by atoms with Gasteiger partial charge in [0.25, 0.3) is 0 Å². The number of nitrogens with zero attached hydrogens (tertiary/aromatic N) is 3. The van der Waals surface area contributed by atoms with E-state index >= 15 is 0 Å². The third-order valence-electron chi connectivity index (χ3n) is 2.18. The van der Waals surface area contributed by atoms with Crippen LogP contribution in [0.4, 0.5) is 5.69 Å². The third-order valence-corrected chi connectivity index (χ3v) is 3.30. The first-order valence-electron chi connectivity index (χ1n) is 4.46. The van der Waals surface area contributed by atoms with Crippen LogP contribution in [0.1, 0.15) is 0 Å². The van der Waals surface area contributed by atoms with Crippen molar-refractivity contribution in [1.29, 1.82) is 0 Å². The summed E-state index contributed by atoms with van der Waals surface area (Å²) in [7, 11) is 0. The van der Waals surface area contributed by atoms with E-state index in [9.17, 15) is 0 Å². The SMILES string of the molecule is Nc1cc(Br)cc2[nH]c(-c3cnns3)nc12. The van der Waals surface area contributed by atoms with Crippen LogP contribution in [0, 0.1) is 0 Å². The fraction of sp³-hybridized carbons (Fsp3) is 0. The number of anilines is 1. The largest absolute Gasteiger partial charge is 0.397 e. The molecule has 5 nitrogen and oxygen atoms in total. The topological polar surface area (TPSA) is 80.5 Å². The molecule has 3 N–H and O–H groups in total. The first-order chi connectivity index (χ1) is 7.74. The molecule has 0 spiro atoms. The number of rotatable bonds is 1. The first-order valence-corrected chi connectivity index (χ1v) is 6.03. The number of H-pyrrole nitrogens is 1. The molecule has 0 unspecified atom stereocenters. The molecule has 0 aliphatic heterocycles. The van der Waals surface area contributed by atoms with Crippen molar-refractivity contribution in [3.05, 3.63) is 22.8 Å². The predicted molar refractivity (Wildman–Crippen MR) is 67.1 cm³/mol. The lowest BCUT2D eigenvalue weighted by Gasteiger charge is -1.94. The molecule has 80 valence electrons. The molecule has 0 radical (unpaired) electrons. The smallest absolute Gasteiger partial charge is 0.151 e. The van der Waals surface area contributed by atoms with Gasteiger partial charge in [-0.1, -0.05) is 20.4 Å². The molecule has 0 atom stereocenters. The monoisotopic (exact) mass is 295 g/mol. The molecule has 0 aliphatic rings. The fourth-order valence-corrected chi connectivity index (χ4v) is 2.43. The van der Waals surface area contributed by atoms with E-state index in [1.807, 2.05) is 12.1 Å². The highest BCUT2D eigenvalue weighted by molar-refractivity contribution is 9.10. The minimum absolute atomic E-state index is 0.643. The summed E-state index contributed by atoms with van der Waals surface area (Å²) in [4.78, 5) is 8.51. The molecule has 1 aromatic carbocycles. The van der Waals surface area contributed by atoms with Crippen molar-refractivity contribution in [2.75, 3.05) is 5.73 Å². The second-order valence-corrected chi connectivity index (χ2v) is 4.96. The summed E-state index contributed by atoms with van der Waals surface area (Å²) >= 11 is 4.69. The van der Waals surface area contributed by atoms with Gasteiger partial charge in [-0.15, -0.1) is 5.10 Å². The Morgan fingerprint density at radius 2 is 2.25 bits per heavy atom. The van der Waals surface area contributed by atoms with Gasteiger partial charge < -0.3 is 10.7 Å². The Balaban J connectivity index is 2.27. The molecule has 0 aliphatic carbocycles. The summed E-state index contributed by atoms with van der Waals surface area (Å²) in [6.07, 6.45) is 1.67. The number of aromatic amines is 1. The molecule has 16 heavy (non-hydrogen) atoms. The molecule has 0 amide bonds. The summed E-state index contributed by atoms with van der Waals surface area (Å²) in [6.45, 7) is 0. The van der Waals surface area contributed by atoms with Gasteiger partial charge in [0.15, 0.2) is 5.82 Å². The highest BCUT2D eigenvalue weighted by Crippen LogP contribution is 2.28. The number of nitrogen functional groups attached to an aromatic ring is 1. The van der Waals surface area contributed by atoms with Crippen molar-refractivity contribution in [1.82, 2.24) is 19.6 Å². The van der Waals surface area contributed by atoms with Crippen LogP contribution in [-0.2, 0) is 0 Å². The van der Waals surface area contributed by atoms with E-state index in [-0.39, 0.29) is 0 Å². The minimum Gasteiger partial charge on any atom is -0.397 e. The maximum Gasteiger partial charge on any atom is 0.151 e. The molecular formula is C9H6BrN5S. The van der Waals surface area contributed by atoms with Crippen molar-refractivity contribution < 1.29 is 0 Å². The number of benzene rings is 1. The van der Waals surface area contributed by atoms with Gasteiger partial charge in [0.05, 0.1) is 17.4 Å². The molecule has 0 fully saturated rings. The lowest BCUT2D eigenvalue weighted by molar-refractivity contribution is 1.15. The number of hydrogen-bond donors (Lipinski definition) is 2. The van der Waals surface area contributed by atoms with Gasteiger partial charge in [-0.05, 0) is 23.7 Å². The zero-order valence-electron chi connectivity index (χ0n) is 7.94. The van der Waals surface area contributed by atoms with Crippen molar-refractivity contribution in [3.63, 3.8) is 0 Å². The Hall–Kier alpha value is -1.47. The van der Waals surface area contributed by atoms with E-state index in [0.29, 0.717) is 5.69 Å². The highest BCUT2D eigenvalue weighted by atomic mass is 79.9. The highest BCUT2D eigenvalue weighted by Gasteiger charge is 2.10. The number of imidazole rings is 1. The van der Waals surface area contributed by atoms with Gasteiger partial charge in [0, 0.05) is 4.47 Å². The summed E-state index contributed by atoms with van der Waals surface area (Å²) in [5, 5.41) is 3.78. The van der Waals surface area contributed by atoms with E-state index in [0.717, 1.165) is 26.2 Å². The molecule has 0 saturated heterocycles. The van der Waals surface area contributed by atoms with E-state index in [2.05, 4.69) is 35.5 Å². The zero-order chi connectivity index (χ0) is 11.1. The van der Waals surface area contributed by atoms with Crippen LogP contribution in [0.25, 0.3) is 21.7 Å². The van der Waals surface area contributed by atoms with Crippen LogP contribution in [-0.4, -0.2) is 19.6 Å². The Labute approximate surface area is 103 Å². The van der Waals surface area contributed by atoms with E-state index in [1.54, 1.807) is 6.20 Å². The number of nitrogens with two attached hydrogens (primary N) is 1. The van der Waals surface area contributed by atoms with Crippen molar-refractivity contribution in [3.8, 4) is 10.7 Å². The van der Waals surface area contributed by atoms with Crippen LogP contribution in [0.3, 0.4) is 0 Å². The van der Waals surface area contributed by atoms with Crippen molar-refractivity contribution in [2.45, 2.75) is 0 Å². The van der Waals surface area contributed by atoms with Gasteiger partial charge in [0.2, 0.25) is 0 Å². The van der Waals surface area contributed by atoms with Crippen LogP contribution < -0.4 is 5.73 Å². The molecule has 2 aromatic heterocycles. The minimum atomic E-state index is 0.643. The van der Waals surface area contributed by atoms with Gasteiger partial charge in [-0.2, -0.15) is 0 Å². The number of hydrogen-bond acceptors (Lipinski definition) is 5. The fourth-order valence-electron chi connectivity index (χ4n) is 1.50. The molecule has 7 heteroatoms. The summed E-state index contributed by atoms with van der Waals surface area (Å²) in [6, 6.07) is 3.77. The number of fused-ring (bicyclic) bond motifs is 1. The van der Waals surface area contributed by atoms with Crippen molar-refractivity contribution >= 4 is 44.2 Å². The normalized spacial score (nSPS) is 11.1. The number of halogens is 1. The van der Waals surface area contributed by atoms with Crippen LogP contribution >= 0.6 is 27.5 Å². The molecule has 2 heterocycles. The van der Waals surface area contributed by atoms with E-state index in [1.165, 1.54) is 11.5 Å². The summed E-state index contributed by atoms with van der Waals surface area (Å²) < 4.78 is 4.73. The van der Waals surface area contributed by atoms with Gasteiger partial charge >= 0.3 is 0 Å². The molecule has 3 aromatic rings. The Bertz CT molecular complexity index is 645. The third kappa shape index (κ3) is 1.48. The quantitative estimate of drug-likeness (QED) is 0.676. The average Bonchev–Trinajstić information content (AvgIpc) is 2.82.